The number of hydrogen-bond acceptors (Lipinski definition) is 6. The molecule has 8 nitrogen and oxygen atoms in total. The van der Waals surface area contributed by atoms with Crippen molar-refractivity contribution in [3.8, 4) is 11.5 Å². The third kappa shape index (κ3) is 7.02. The molecule has 0 heterocycles. The van der Waals surface area contributed by atoms with Crippen LogP contribution in [0.25, 0.3) is 6.08 Å². The molecule has 0 saturated heterocycles. The molecule has 152 valence electrons. The lowest BCUT2D eigenvalue weighted by Gasteiger charge is -2.12. The van der Waals surface area contributed by atoms with Gasteiger partial charge in [0.15, 0.2) is 6.61 Å². The minimum atomic E-state index is -0.657. The molecule has 2 amide bonds. The molecule has 0 unspecified atom stereocenters. The molecule has 0 aromatic heterocycles. The van der Waals surface area contributed by atoms with Gasteiger partial charge in [-0.3, -0.25) is 9.59 Å². The van der Waals surface area contributed by atoms with Crippen molar-refractivity contribution in [2.75, 3.05) is 31.5 Å². The zero-order valence-corrected chi connectivity index (χ0v) is 16.4. The van der Waals surface area contributed by atoms with Crippen LogP contribution in [0.5, 0.6) is 11.5 Å². The summed E-state index contributed by atoms with van der Waals surface area (Å²) >= 11 is 0. The van der Waals surface area contributed by atoms with Crippen molar-refractivity contribution >= 4 is 35.2 Å². The highest BCUT2D eigenvalue weighted by atomic mass is 16.5. The maximum absolute atomic E-state index is 12.1. The SMILES string of the molecule is COc1ccc(/C=C/C(=O)OCC(=O)Nc2cc(NC(C)=O)ccc2OC)cc1. The molecule has 0 aliphatic heterocycles. The molecule has 0 aliphatic carbocycles. The Morgan fingerprint density at radius 3 is 2.31 bits per heavy atom. The Hall–Kier alpha value is -3.81. The summed E-state index contributed by atoms with van der Waals surface area (Å²) in [6, 6.07) is 11.9. The van der Waals surface area contributed by atoms with Gasteiger partial charge in [0.25, 0.3) is 5.91 Å². The van der Waals surface area contributed by atoms with E-state index in [2.05, 4.69) is 10.6 Å². The van der Waals surface area contributed by atoms with Crippen molar-refractivity contribution in [1.82, 2.24) is 0 Å². The lowest BCUT2D eigenvalue weighted by molar-refractivity contribution is -0.142. The summed E-state index contributed by atoms with van der Waals surface area (Å²) in [7, 11) is 3.02. The number of nitrogens with one attached hydrogen (secondary N) is 2. The molecule has 0 spiro atoms. The number of hydrogen-bond donors (Lipinski definition) is 2. The number of methoxy groups -OCH3 is 2. The van der Waals surface area contributed by atoms with Crippen LogP contribution in [0, 0.1) is 0 Å². The molecule has 0 aliphatic rings. The second-order valence-electron chi connectivity index (χ2n) is 5.86. The van der Waals surface area contributed by atoms with Gasteiger partial charge in [-0.15, -0.1) is 0 Å². The van der Waals surface area contributed by atoms with Crippen molar-refractivity contribution in [3.05, 3.63) is 54.1 Å². The summed E-state index contributed by atoms with van der Waals surface area (Å²) in [6.07, 6.45) is 2.80. The molecule has 8 heteroatoms. The quantitative estimate of drug-likeness (QED) is 0.524. The summed E-state index contributed by atoms with van der Waals surface area (Å²) < 4.78 is 15.2. The molecule has 2 rings (SSSR count). The molecule has 0 radical (unpaired) electrons. The van der Waals surface area contributed by atoms with Gasteiger partial charge < -0.3 is 24.8 Å². The molecule has 2 N–H and O–H groups in total. The highest BCUT2D eigenvalue weighted by Crippen LogP contribution is 2.27. The van der Waals surface area contributed by atoms with Crippen LogP contribution in [0.3, 0.4) is 0 Å². The van der Waals surface area contributed by atoms with Gasteiger partial charge in [0.1, 0.15) is 11.5 Å². The second kappa shape index (κ2) is 10.5. The van der Waals surface area contributed by atoms with Gasteiger partial charge in [-0.2, -0.15) is 0 Å². The van der Waals surface area contributed by atoms with E-state index in [9.17, 15) is 14.4 Å². The fourth-order valence-corrected chi connectivity index (χ4v) is 2.34. The van der Waals surface area contributed by atoms with Crippen LogP contribution in [0.2, 0.25) is 0 Å². The van der Waals surface area contributed by atoms with Gasteiger partial charge >= 0.3 is 5.97 Å². The van der Waals surface area contributed by atoms with Crippen molar-refractivity contribution < 1.29 is 28.6 Å². The summed E-state index contributed by atoms with van der Waals surface area (Å²) in [4.78, 5) is 35.1. The fraction of sp³-hybridized carbons (Fsp3) is 0.190. The summed E-state index contributed by atoms with van der Waals surface area (Å²) in [5.41, 5.74) is 1.62. The number of carbonyl (C=O) groups is 3. The number of benzene rings is 2. The second-order valence-corrected chi connectivity index (χ2v) is 5.86. The fourth-order valence-electron chi connectivity index (χ4n) is 2.34. The van der Waals surface area contributed by atoms with Crippen molar-refractivity contribution in [2.24, 2.45) is 0 Å². The van der Waals surface area contributed by atoms with Crippen LogP contribution in [-0.4, -0.2) is 38.6 Å². The Morgan fingerprint density at radius 2 is 1.69 bits per heavy atom. The third-order valence-corrected chi connectivity index (χ3v) is 3.67. The van der Waals surface area contributed by atoms with E-state index in [4.69, 9.17) is 14.2 Å². The lowest BCUT2D eigenvalue weighted by atomic mass is 10.2. The van der Waals surface area contributed by atoms with Gasteiger partial charge in [-0.25, -0.2) is 4.79 Å². The number of amides is 2. The van der Waals surface area contributed by atoms with E-state index in [0.29, 0.717) is 22.9 Å². The zero-order valence-electron chi connectivity index (χ0n) is 16.4. The van der Waals surface area contributed by atoms with Gasteiger partial charge in [0.05, 0.1) is 19.9 Å². The highest BCUT2D eigenvalue weighted by Gasteiger charge is 2.11. The van der Waals surface area contributed by atoms with Gasteiger partial charge in [0, 0.05) is 18.7 Å². The molecular weight excluding hydrogens is 376 g/mol. The van der Waals surface area contributed by atoms with Crippen molar-refractivity contribution in [3.63, 3.8) is 0 Å². The Labute approximate surface area is 168 Å². The number of anilines is 2. The Bertz CT molecular complexity index is 906. The minimum absolute atomic E-state index is 0.245. The topological polar surface area (TPSA) is 103 Å². The molecule has 29 heavy (non-hydrogen) atoms. The maximum Gasteiger partial charge on any atom is 0.331 e. The van der Waals surface area contributed by atoms with Crippen LogP contribution in [0.1, 0.15) is 12.5 Å². The van der Waals surface area contributed by atoms with E-state index >= 15 is 0 Å². The predicted octanol–water partition coefficient (Wildman–Crippen LogP) is 2.86. The number of carbonyl (C=O) groups excluding carboxylic acids is 3. The molecule has 0 saturated carbocycles. The van der Waals surface area contributed by atoms with E-state index in [1.807, 2.05) is 0 Å². The summed E-state index contributed by atoms with van der Waals surface area (Å²) in [5, 5.41) is 5.20. The van der Waals surface area contributed by atoms with E-state index in [0.717, 1.165) is 5.56 Å². The Kier molecular flexibility index (Phi) is 7.78. The molecule has 2 aromatic carbocycles. The van der Waals surface area contributed by atoms with Crippen LogP contribution in [0.4, 0.5) is 11.4 Å². The number of rotatable bonds is 8. The maximum atomic E-state index is 12.1. The molecule has 2 aromatic rings. The van der Waals surface area contributed by atoms with Gasteiger partial charge in [-0.1, -0.05) is 12.1 Å². The first-order valence-corrected chi connectivity index (χ1v) is 8.65. The average molecular weight is 398 g/mol. The average Bonchev–Trinajstić information content (AvgIpc) is 2.71. The molecular formula is C21H22N2O6. The number of ether oxygens (including phenoxy) is 3. The smallest absolute Gasteiger partial charge is 0.331 e. The number of esters is 1. The standard InChI is InChI=1S/C21H22N2O6/c1-14(24)22-16-7-10-19(28-3)18(12-16)23-20(25)13-29-21(26)11-6-15-4-8-17(27-2)9-5-15/h4-12H,13H2,1-3H3,(H,22,24)(H,23,25)/b11-6+. The van der Waals surface area contributed by atoms with Crippen LogP contribution in [0.15, 0.2) is 48.5 Å². The molecule has 0 bridgehead atoms. The Balaban J connectivity index is 1.90. The zero-order chi connectivity index (χ0) is 21.2. The normalized spacial score (nSPS) is 10.3. The van der Waals surface area contributed by atoms with Crippen molar-refractivity contribution in [2.45, 2.75) is 6.92 Å². The third-order valence-electron chi connectivity index (χ3n) is 3.67. The first-order valence-electron chi connectivity index (χ1n) is 8.65. The first-order chi connectivity index (χ1) is 13.9. The van der Waals surface area contributed by atoms with Crippen LogP contribution >= 0.6 is 0 Å². The highest BCUT2D eigenvalue weighted by molar-refractivity contribution is 5.97. The first kappa shape index (κ1) is 21.5. The van der Waals surface area contributed by atoms with Gasteiger partial charge in [-0.05, 0) is 42.0 Å². The van der Waals surface area contributed by atoms with E-state index < -0.39 is 18.5 Å². The predicted molar refractivity (Wildman–Crippen MR) is 109 cm³/mol. The minimum Gasteiger partial charge on any atom is -0.497 e. The van der Waals surface area contributed by atoms with E-state index in [1.54, 1.807) is 55.7 Å². The van der Waals surface area contributed by atoms with Crippen LogP contribution < -0.4 is 20.1 Å². The van der Waals surface area contributed by atoms with Gasteiger partial charge in [0.2, 0.25) is 5.91 Å². The molecule has 0 atom stereocenters. The summed E-state index contributed by atoms with van der Waals surface area (Å²) in [5.74, 6) is -0.341. The van der Waals surface area contributed by atoms with Crippen LogP contribution in [-0.2, 0) is 19.1 Å². The lowest BCUT2D eigenvalue weighted by Crippen LogP contribution is -2.20. The Morgan fingerprint density at radius 1 is 0.966 bits per heavy atom. The summed E-state index contributed by atoms with van der Waals surface area (Å²) in [6.45, 7) is 0.903. The van der Waals surface area contributed by atoms with E-state index in [1.165, 1.54) is 20.1 Å². The molecule has 0 fully saturated rings. The largest absolute Gasteiger partial charge is 0.497 e. The van der Waals surface area contributed by atoms with E-state index in [-0.39, 0.29) is 5.91 Å². The van der Waals surface area contributed by atoms with Crippen molar-refractivity contribution in [1.29, 1.82) is 0 Å². The monoisotopic (exact) mass is 398 g/mol.